The second-order valence-electron chi connectivity index (χ2n) is 9.40. The van der Waals surface area contributed by atoms with Gasteiger partial charge < -0.3 is 10.2 Å². The van der Waals surface area contributed by atoms with Crippen molar-refractivity contribution in [2.45, 2.75) is 39.3 Å². The van der Waals surface area contributed by atoms with E-state index in [1.165, 1.54) is 6.33 Å². The number of nitrogens with one attached hydrogen (secondary N) is 1. The Bertz CT molecular complexity index is 1250. The molecular formula is C28H29N5O2. The molecule has 0 bridgehead atoms. The highest BCUT2D eigenvalue weighted by Gasteiger charge is 2.28. The van der Waals surface area contributed by atoms with Crippen LogP contribution in [0.2, 0.25) is 0 Å². The van der Waals surface area contributed by atoms with E-state index in [9.17, 15) is 10.1 Å². The molecule has 0 spiro atoms. The van der Waals surface area contributed by atoms with Crippen LogP contribution in [0, 0.1) is 10.1 Å². The molecule has 0 aliphatic heterocycles. The van der Waals surface area contributed by atoms with Crippen LogP contribution in [0.25, 0.3) is 0 Å². The Hall–Kier alpha value is -4.26. The maximum Gasteiger partial charge on any atom is 0.353 e. The number of nitro groups is 1. The molecule has 0 amide bonds. The van der Waals surface area contributed by atoms with Gasteiger partial charge in [-0.2, -0.15) is 0 Å². The average molecular weight is 468 g/mol. The Balaban J connectivity index is 1.78. The standard InChI is InChI=1S/C28H29N5O2/c1-28(2,3)23-16-10-11-17-24(23)31-26-25(33(34)35)27(30-20-29-26)32(18-21-12-6-4-7-13-21)19-22-14-8-5-9-15-22/h4-17,20H,18-19H2,1-3H3,(H,29,30,31). The van der Waals surface area contributed by atoms with Gasteiger partial charge >= 0.3 is 5.69 Å². The minimum Gasteiger partial charge on any atom is -0.342 e. The molecule has 1 heterocycles. The van der Waals surface area contributed by atoms with E-state index in [-0.39, 0.29) is 22.7 Å². The zero-order chi connectivity index (χ0) is 24.8. The fraction of sp³-hybridized carbons (Fsp3) is 0.214. The fourth-order valence-electron chi connectivity index (χ4n) is 4.05. The van der Waals surface area contributed by atoms with E-state index in [1.807, 2.05) is 89.8 Å². The topological polar surface area (TPSA) is 84.2 Å². The Morgan fingerprint density at radius 3 is 1.91 bits per heavy atom. The molecule has 0 radical (unpaired) electrons. The molecule has 35 heavy (non-hydrogen) atoms. The van der Waals surface area contributed by atoms with Crippen LogP contribution >= 0.6 is 0 Å². The Labute approximate surface area is 205 Å². The number of hydrogen-bond acceptors (Lipinski definition) is 6. The zero-order valence-corrected chi connectivity index (χ0v) is 20.2. The van der Waals surface area contributed by atoms with E-state index >= 15 is 0 Å². The van der Waals surface area contributed by atoms with Gasteiger partial charge in [0.15, 0.2) is 0 Å². The van der Waals surface area contributed by atoms with Crippen molar-refractivity contribution in [1.29, 1.82) is 0 Å². The van der Waals surface area contributed by atoms with Crippen molar-refractivity contribution in [1.82, 2.24) is 9.97 Å². The van der Waals surface area contributed by atoms with Crippen molar-refractivity contribution in [3.8, 4) is 0 Å². The van der Waals surface area contributed by atoms with Crippen LogP contribution in [0.4, 0.5) is 23.0 Å². The molecule has 0 fully saturated rings. The lowest BCUT2D eigenvalue weighted by atomic mass is 9.86. The molecule has 3 aromatic carbocycles. The molecule has 1 N–H and O–H groups in total. The highest BCUT2D eigenvalue weighted by molar-refractivity contribution is 5.76. The second-order valence-corrected chi connectivity index (χ2v) is 9.40. The summed E-state index contributed by atoms with van der Waals surface area (Å²) in [4.78, 5) is 22.6. The molecule has 0 saturated heterocycles. The summed E-state index contributed by atoms with van der Waals surface area (Å²) in [6.45, 7) is 7.25. The Kier molecular flexibility index (Phi) is 7.06. The minimum atomic E-state index is -0.402. The van der Waals surface area contributed by atoms with Crippen LogP contribution in [0.1, 0.15) is 37.5 Å². The predicted molar refractivity (Wildman–Crippen MR) is 140 cm³/mol. The van der Waals surface area contributed by atoms with Crippen LogP contribution in [-0.4, -0.2) is 14.9 Å². The first kappa shape index (κ1) is 23.9. The van der Waals surface area contributed by atoms with Gasteiger partial charge in [-0.3, -0.25) is 10.1 Å². The van der Waals surface area contributed by atoms with E-state index in [2.05, 4.69) is 36.1 Å². The number of para-hydroxylation sites is 1. The van der Waals surface area contributed by atoms with Crippen LogP contribution in [0.3, 0.4) is 0 Å². The zero-order valence-electron chi connectivity index (χ0n) is 20.2. The molecular weight excluding hydrogens is 438 g/mol. The Morgan fingerprint density at radius 2 is 1.37 bits per heavy atom. The molecule has 0 atom stereocenters. The van der Waals surface area contributed by atoms with Crippen molar-refractivity contribution >= 4 is 23.0 Å². The minimum absolute atomic E-state index is 0.150. The number of aromatic nitrogens is 2. The third-order valence-electron chi connectivity index (χ3n) is 5.71. The summed E-state index contributed by atoms with van der Waals surface area (Å²) in [5, 5.41) is 15.6. The predicted octanol–water partition coefficient (Wildman–Crippen LogP) is 6.63. The average Bonchev–Trinajstić information content (AvgIpc) is 2.84. The molecule has 1 aromatic heterocycles. The summed E-state index contributed by atoms with van der Waals surface area (Å²) >= 11 is 0. The van der Waals surface area contributed by atoms with Gasteiger partial charge in [0, 0.05) is 18.8 Å². The molecule has 0 aliphatic rings. The molecule has 7 nitrogen and oxygen atoms in total. The van der Waals surface area contributed by atoms with Crippen LogP contribution < -0.4 is 10.2 Å². The van der Waals surface area contributed by atoms with Gasteiger partial charge in [-0.15, -0.1) is 0 Å². The highest BCUT2D eigenvalue weighted by atomic mass is 16.6. The summed E-state index contributed by atoms with van der Waals surface area (Å²) < 4.78 is 0. The number of benzene rings is 3. The van der Waals surface area contributed by atoms with Crippen molar-refractivity contribution in [2.75, 3.05) is 10.2 Å². The highest BCUT2D eigenvalue weighted by Crippen LogP contribution is 2.37. The van der Waals surface area contributed by atoms with Gasteiger partial charge in [-0.05, 0) is 28.2 Å². The molecule has 7 heteroatoms. The maximum absolute atomic E-state index is 12.4. The monoisotopic (exact) mass is 467 g/mol. The molecule has 178 valence electrons. The summed E-state index contributed by atoms with van der Waals surface area (Å²) in [5.41, 5.74) is 3.59. The van der Waals surface area contributed by atoms with Gasteiger partial charge in [0.1, 0.15) is 6.33 Å². The first-order valence-corrected chi connectivity index (χ1v) is 11.5. The van der Waals surface area contributed by atoms with Crippen LogP contribution in [-0.2, 0) is 18.5 Å². The van der Waals surface area contributed by atoms with Crippen molar-refractivity contribution < 1.29 is 4.92 Å². The number of rotatable bonds is 8. The van der Waals surface area contributed by atoms with Gasteiger partial charge in [0.25, 0.3) is 0 Å². The number of hydrogen-bond donors (Lipinski definition) is 1. The van der Waals surface area contributed by atoms with E-state index in [4.69, 9.17) is 0 Å². The lowest BCUT2D eigenvalue weighted by Gasteiger charge is -2.25. The van der Waals surface area contributed by atoms with Gasteiger partial charge in [-0.25, -0.2) is 9.97 Å². The summed E-state index contributed by atoms with van der Waals surface area (Å²) in [5.74, 6) is 0.441. The lowest BCUT2D eigenvalue weighted by Crippen LogP contribution is -2.25. The normalized spacial score (nSPS) is 11.2. The molecule has 4 rings (SSSR count). The summed E-state index contributed by atoms with van der Waals surface area (Å²) in [6, 6.07) is 27.6. The molecule has 0 saturated carbocycles. The summed E-state index contributed by atoms with van der Waals surface area (Å²) in [6.07, 6.45) is 1.38. The SMILES string of the molecule is CC(C)(C)c1ccccc1Nc1ncnc(N(Cc2ccccc2)Cc2ccccc2)c1[N+](=O)[O-]. The van der Waals surface area contributed by atoms with E-state index in [0.29, 0.717) is 13.1 Å². The maximum atomic E-state index is 12.4. The van der Waals surface area contributed by atoms with E-state index in [1.54, 1.807) is 0 Å². The van der Waals surface area contributed by atoms with Crippen molar-refractivity contribution in [3.63, 3.8) is 0 Å². The molecule has 0 aliphatic carbocycles. The van der Waals surface area contributed by atoms with Crippen LogP contribution in [0.15, 0.2) is 91.3 Å². The number of anilines is 3. The van der Waals surface area contributed by atoms with E-state index in [0.717, 1.165) is 22.4 Å². The van der Waals surface area contributed by atoms with Gasteiger partial charge in [0.2, 0.25) is 11.6 Å². The smallest absolute Gasteiger partial charge is 0.342 e. The Morgan fingerprint density at radius 1 is 0.829 bits per heavy atom. The summed E-state index contributed by atoms with van der Waals surface area (Å²) in [7, 11) is 0. The third kappa shape index (κ3) is 5.81. The molecule has 0 unspecified atom stereocenters. The first-order chi connectivity index (χ1) is 16.8. The van der Waals surface area contributed by atoms with Crippen molar-refractivity contribution in [3.05, 3.63) is 118 Å². The van der Waals surface area contributed by atoms with Crippen LogP contribution in [0.5, 0.6) is 0 Å². The van der Waals surface area contributed by atoms with E-state index < -0.39 is 4.92 Å². The lowest BCUT2D eigenvalue weighted by molar-refractivity contribution is -0.383. The molecule has 4 aromatic rings. The van der Waals surface area contributed by atoms with Gasteiger partial charge in [0.05, 0.1) is 4.92 Å². The van der Waals surface area contributed by atoms with Gasteiger partial charge in [-0.1, -0.05) is 99.6 Å². The van der Waals surface area contributed by atoms with Crippen molar-refractivity contribution in [2.24, 2.45) is 0 Å². The largest absolute Gasteiger partial charge is 0.353 e. The number of nitrogens with zero attached hydrogens (tertiary/aromatic N) is 4. The second kappa shape index (κ2) is 10.3. The quantitative estimate of drug-likeness (QED) is 0.231. The fourth-order valence-corrected chi connectivity index (χ4v) is 4.05. The first-order valence-electron chi connectivity index (χ1n) is 11.5. The third-order valence-corrected chi connectivity index (χ3v) is 5.71.